The summed E-state index contributed by atoms with van der Waals surface area (Å²) in [6, 6.07) is 0. The van der Waals surface area contributed by atoms with E-state index in [1.807, 2.05) is 0 Å². The van der Waals surface area contributed by atoms with Crippen molar-refractivity contribution in [2.45, 2.75) is 39.2 Å². The van der Waals surface area contributed by atoms with Crippen molar-refractivity contribution in [2.75, 3.05) is 20.3 Å². The molecule has 0 radical (unpaired) electrons. The van der Waals surface area contributed by atoms with Crippen LogP contribution in [0.3, 0.4) is 0 Å². The van der Waals surface area contributed by atoms with Crippen molar-refractivity contribution in [2.24, 2.45) is 11.7 Å². The topological polar surface area (TPSA) is 64.3 Å². The van der Waals surface area contributed by atoms with Gasteiger partial charge in [0.2, 0.25) is 5.91 Å². The van der Waals surface area contributed by atoms with E-state index in [4.69, 9.17) is 10.5 Å². The molecule has 0 fully saturated rings. The molecule has 3 N–H and O–H groups in total. The van der Waals surface area contributed by atoms with Crippen molar-refractivity contribution in [1.29, 1.82) is 0 Å². The van der Waals surface area contributed by atoms with Gasteiger partial charge in [-0.05, 0) is 26.3 Å². The summed E-state index contributed by atoms with van der Waals surface area (Å²) < 4.78 is 5.50. The van der Waals surface area contributed by atoms with Crippen LogP contribution in [0.15, 0.2) is 0 Å². The zero-order valence-electron chi connectivity index (χ0n) is 10.3. The summed E-state index contributed by atoms with van der Waals surface area (Å²) in [7, 11) is 1.71. The number of hydrogen-bond donors (Lipinski definition) is 2. The highest BCUT2D eigenvalue weighted by Crippen LogP contribution is 2.08. The number of carbonyl (C=O) groups is 1. The van der Waals surface area contributed by atoms with E-state index in [1.54, 1.807) is 14.0 Å². The standard InChI is InChI=1S/C11H24N2O2/c1-5-6-9(2)7-15-8-11(3,13-4)10(12)14/h9,13H,5-8H2,1-4H3,(H2,12,14). The fraction of sp³-hybridized carbons (Fsp3) is 0.909. The number of nitrogens with two attached hydrogens (primary N) is 1. The third kappa shape index (κ3) is 5.14. The molecule has 0 bridgehead atoms. The number of nitrogens with one attached hydrogen (secondary N) is 1. The minimum absolute atomic E-state index is 0.326. The van der Waals surface area contributed by atoms with Gasteiger partial charge >= 0.3 is 0 Å². The van der Waals surface area contributed by atoms with Crippen LogP contribution in [0.4, 0.5) is 0 Å². The Labute approximate surface area is 92.6 Å². The fourth-order valence-electron chi connectivity index (χ4n) is 1.31. The smallest absolute Gasteiger partial charge is 0.239 e. The van der Waals surface area contributed by atoms with Crippen LogP contribution in [0.1, 0.15) is 33.6 Å². The van der Waals surface area contributed by atoms with Crippen LogP contribution in [0.2, 0.25) is 0 Å². The highest BCUT2D eigenvalue weighted by atomic mass is 16.5. The summed E-state index contributed by atoms with van der Waals surface area (Å²) in [4.78, 5) is 11.1. The Morgan fingerprint density at radius 1 is 1.60 bits per heavy atom. The molecule has 0 aromatic heterocycles. The van der Waals surface area contributed by atoms with Gasteiger partial charge in [-0.25, -0.2) is 0 Å². The molecule has 0 aromatic carbocycles. The van der Waals surface area contributed by atoms with Gasteiger partial charge in [0, 0.05) is 6.61 Å². The molecule has 4 heteroatoms. The van der Waals surface area contributed by atoms with E-state index in [0.29, 0.717) is 19.1 Å². The van der Waals surface area contributed by atoms with Gasteiger partial charge < -0.3 is 15.8 Å². The van der Waals surface area contributed by atoms with Gasteiger partial charge in [0.25, 0.3) is 0 Å². The molecule has 15 heavy (non-hydrogen) atoms. The molecule has 2 unspecified atom stereocenters. The highest BCUT2D eigenvalue weighted by Gasteiger charge is 2.29. The first kappa shape index (κ1) is 14.4. The lowest BCUT2D eigenvalue weighted by Crippen LogP contribution is -2.55. The number of primary amides is 1. The summed E-state index contributed by atoms with van der Waals surface area (Å²) in [5.41, 5.74) is 4.52. The zero-order chi connectivity index (χ0) is 11.9. The normalized spacial score (nSPS) is 17.1. The Kier molecular flexibility index (Phi) is 6.52. The van der Waals surface area contributed by atoms with Gasteiger partial charge in [0.15, 0.2) is 0 Å². The quantitative estimate of drug-likeness (QED) is 0.633. The number of ether oxygens (including phenoxy) is 1. The summed E-state index contributed by atoms with van der Waals surface area (Å²) in [6.45, 7) is 7.05. The van der Waals surface area contributed by atoms with Crippen LogP contribution in [0, 0.1) is 5.92 Å². The molecule has 4 nitrogen and oxygen atoms in total. The van der Waals surface area contributed by atoms with Gasteiger partial charge in [-0.3, -0.25) is 4.79 Å². The lowest BCUT2D eigenvalue weighted by Gasteiger charge is -2.25. The number of carbonyl (C=O) groups excluding carboxylic acids is 1. The minimum atomic E-state index is -0.758. The van der Waals surface area contributed by atoms with Crippen molar-refractivity contribution in [1.82, 2.24) is 5.32 Å². The molecular formula is C11H24N2O2. The SMILES string of the molecule is CCCC(C)COCC(C)(NC)C(N)=O. The first-order valence-corrected chi connectivity index (χ1v) is 5.52. The van der Waals surface area contributed by atoms with Crippen LogP contribution in [0.25, 0.3) is 0 Å². The first-order chi connectivity index (χ1) is 6.96. The largest absolute Gasteiger partial charge is 0.379 e. The molecule has 0 saturated heterocycles. The van der Waals surface area contributed by atoms with E-state index in [-0.39, 0.29) is 5.91 Å². The third-order valence-corrected chi connectivity index (χ3v) is 2.67. The van der Waals surface area contributed by atoms with Crippen molar-refractivity contribution < 1.29 is 9.53 Å². The molecule has 0 aliphatic rings. The van der Waals surface area contributed by atoms with Crippen LogP contribution in [0.5, 0.6) is 0 Å². The fourth-order valence-corrected chi connectivity index (χ4v) is 1.31. The third-order valence-electron chi connectivity index (χ3n) is 2.67. The van der Waals surface area contributed by atoms with E-state index in [2.05, 4.69) is 19.2 Å². The second-order valence-corrected chi connectivity index (χ2v) is 4.36. The molecular weight excluding hydrogens is 192 g/mol. The molecule has 2 atom stereocenters. The summed E-state index contributed by atoms with van der Waals surface area (Å²) >= 11 is 0. The lowest BCUT2D eigenvalue weighted by molar-refractivity contribution is -0.126. The predicted octanol–water partition coefficient (Wildman–Crippen LogP) is 0.903. The Morgan fingerprint density at radius 2 is 2.20 bits per heavy atom. The van der Waals surface area contributed by atoms with E-state index < -0.39 is 5.54 Å². The average molecular weight is 216 g/mol. The Morgan fingerprint density at radius 3 is 2.60 bits per heavy atom. The molecule has 0 saturated carbocycles. The second-order valence-electron chi connectivity index (χ2n) is 4.36. The number of likely N-dealkylation sites (N-methyl/N-ethyl adjacent to an activating group) is 1. The summed E-state index contributed by atoms with van der Waals surface area (Å²) in [6.07, 6.45) is 2.30. The van der Waals surface area contributed by atoms with E-state index in [9.17, 15) is 4.79 Å². The number of hydrogen-bond acceptors (Lipinski definition) is 3. The van der Waals surface area contributed by atoms with Crippen LogP contribution >= 0.6 is 0 Å². The molecule has 0 spiro atoms. The van der Waals surface area contributed by atoms with E-state index in [0.717, 1.165) is 12.8 Å². The van der Waals surface area contributed by atoms with E-state index in [1.165, 1.54) is 0 Å². The molecule has 1 amide bonds. The van der Waals surface area contributed by atoms with Gasteiger partial charge in [0.05, 0.1) is 6.61 Å². The molecule has 0 rings (SSSR count). The first-order valence-electron chi connectivity index (χ1n) is 5.52. The number of rotatable bonds is 8. The monoisotopic (exact) mass is 216 g/mol. The maximum absolute atomic E-state index is 11.1. The van der Waals surface area contributed by atoms with Gasteiger partial charge in [0.1, 0.15) is 5.54 Å². The van der Waals surface area contributed by atoms with Gasteiger partial charge in [-0.1, -0.05) is 20.3 Å². The molecule has 0 aliphatic heterocycles. The Balaban J connectivity index is 3.87. The lowest BCUT2D eigenvalue weighted by atomic mass is 10.0. The van der Waals surface area contributed by atoms with Crippen molar-refractivity contribution in [3.8, 4) is 0 Å². The van der Waals surface area contributed by atoms with Crippen molar-refractivity contribution >= 4 is 5.91 Å². The van der Waals surface area contributed by atoms with Crippen LogP contribution in [-0.4, -0.2) is 31.7 Å². The molecule has 90 valence electrons. The van der Waals surface area contributed by atoms with Crippen LogP contribution < -0.4 is 11.1 Å². The highest BCUT2D eigenvalue weighted by molar-refractivity contribution is 5.84. The summed E-state index contributed by atoms with van der Waals surface area (Å²) in [5, 5.41) is 2.88. The Hall–Kier alpha value is -0.610. The maximum atomic E-state index is 11.1. The van der Waals surface area contributed by atoms with Gasteiger partial charge in [-0.2, -0.15) is 0 Å². The van der Waals surface area contributed by atoms with E-state index >= 15 is 0 Å². The molecule has 0 aliphatic carbocycles. The predicted molar refractivity (Wildman–Crippen MR) is 61.6 cm³/mol. The van der Waals surface area contributed by atoms with Crippen molar-refractivity contribution in [3.05, 3.63) is 0 Å². The zero-order valence-corrected chi connectivity index (χ0v) is 10.3. The van der Waals surface area contributed by atoms with Crippen molar-refractivity contribution in [3.63, 3.8) is 0 Å². The molecule has 0 aromatic rings. The maximum Gasteiger partial charge on any atom is 0.239 e. The average Bonchev–Trinajstić information content (AvgIpc) is 2.17. The van der Waals surface area contributed by atoms with Gasteiger partial charge in [-0.15, -0.1) is 0 Å². The number of amides is 1. The minimum Gasteiger partial charge on any atom is -0.379 e. The second kappa shape index (κ2) is 6.80. The molecule has 0 heterocycles. The van der Waals surface area contributed by atoms with Crippen LogP contribution in [-0.2, 0) is 9.53 Å². The summed E-state index contributed by atoms with van der Waals surface area (Å²) in [5.74, 6) is 0.150. The Bertz CT molecular complexity index is 197.